The van der Waals surface area contributed by atoms with Gasteiger partial charge in [-0.1, -0.05) is 23.7 Å². The van der Waals surface area contributed by atoms with E-state index < -0.39 is 6.09 Å². The second kappa shape index (κ2) is 7.68. The predicted octanol–water partition coefficient (Wildman–Crippen LogP) is 3.20. The molecule has 0 saturated heterocycles. The number of halogens is 3. The number of benzene rings is 1. The van der Waals surface area contributed by atoms with Crippen LogP contribution in [0.2, 0.25) is 15.6 Å². The van der Waals surface area contributed by atoms with E-state index in [4.69, 9.17) is 44.7 Å². The average molecular weight is 337 g/mol. The van der Waals surface area contributed by atoms with Crippen molar-refractivity contribution in [3.8, 4) is 0 Å². The van der Waals surface area contributed by atoms with Crippen LogP contribution >= 0.6 is 34.8 Å². The molecule has 0 radical (unpaired) electrons. The Labute approximate surface area is 128 Å². The molecule has 20 heavy (non-hydrogen) atoms. The topological polar surface area (TPSA) is 114 Å². The zero-order chi connectivity index (χ0) is 15.1. The van der Waals surface area contributed by atoms with Gasteiger partial charge in [-0.2, -0.15) is 15.0 Å². The van der Waals surface area contributed by atoms with E-state index >= 15 is 0 Å². The van der Waals surface area contributed by atoms with E-state index in [2.05, 4.69) is 26.0 Å². The molecule has 0 aliphatic heterocycles. The number of hydrogen-bond donors (Lipinski definition) is 3. The number of nitrogens with zero attached hydrogens (tertiary/aromatic N) is 3. The molecule has 7 nitrogen and oxygen atoms in total. The summed E-state index contributed by atoms with van der Waals surface area (Å²) in [5.74, 6) is 0.248. The minimum atomic E-state index is -1.33. The molecular formula is C10H8Cl3N5O2. The highest BCUT2D eigenvalue weighted by molar-refractivity contribution is 6.33. The van der Waals surface area contributed by atoms with Crippen molar-refractivity contribution in [2.24, 2.45) is 5.73 Å². The lowest BCUT2D eigenvalue weighted by Crippen LogP contribution is -2.03. The first-order chi connectivity index (χ1) is 9.38. The molecule has 0 unspecified atom stereocenters. The maximum Gasteiger partial charge on any atom is 0.402 e. The average Bonchev–Trinajstić information content (AvgIpc) is 2.30. The number of amides is 1. The summed E-state index contributed by atoms with van der Waals surface area (Å²) in [6.45, 7) is 0. The Morgan fingerprint density at radius 2 is 1.60 bits per heavy atom. The zero-order valence-corrected chi connectivity index (χ0v) is 12.0. The minimum absolute atomic E-state index is 0.0227. The highest BCUT2D eigenvalue weighted by atomic mass is 35.5. The molecule has 2 rings (SSSR count). The van der Waals surface area contributed by atoms with Gasteiger partial charge in [0.1, 0.15) is 0 Å². The van der Waals surface area contributed by atoms with Crippen molar-refractivity contribution in [1.82, 2.24) is 15.0 Å². The van der Waals surface area contributed by atoms with E-state index in [-0.39, 0.29) is 16.5 Å². The van der Waals surface area contributed by atoms with Gasteiger partial charge in [0.25, 0.3) is 0 Å². The molecule has 0 bridgehead atoms. The molecule has 0 aliphatic rings. The van der Waals surface area contributed by atoms with Crippen molar-refractivity contribution in [3.05, 3.63) is 39.9 Å². The van der Waals surface area contributed by atoms with Crippen LogP contribution in [0.15, 0.2) is 24.3 Å². The lowest BCUT2D eigenvalue weighted by Gasteiger charge is -2.06. The second-order valence-corrected chi connectivity index (χ2v) is 4.22. The Bertz CT molecular complexity index is 587. The van der Waals surface area contributed by atoms with Crippen molar-refractivity contribution < 1.29 is 9.90 Å². The molecule has 0 fully saturated rings. The third-order valence-corrected chi connectivity index (χ3v) is 2.37. The Hall–Kier alpha value is -1.83. The lowest BCUT2D eigenvalue weighted by molar-refractivity contribution is 0.205. The number of para-hydroxylation sites is 1. The van der Waals surface area contributed by atoms with Crippen LogP contribution < -0.4 is 11.1 Å². The molecule has 1 heterocycles. The number of carbonyl (C=O) groups is 1. The number of nitrogens with one attached hydrogen (secondary N) is 1. The number of carboxylic acid groups (broad SMARTS) is 1. The second-order valence-electron chi connectivity index (χ2n) is 3.14. The van der Waals surface area contributed by atoms with Crippen molar-refractivity contribution in [2.75, 3.05) is 5.32 Å². The predicted molar refractivity (Wildman–Crippen MR) is 76.8 cm³/mol. The van der Waals surface area contributed by atoms with Crippen LogP contribution in [-0.4, -0.2) is 26.2 Å². The summed E-state index contributed by atoms with van der Waals surface area (Å²) >= 11 is 17.2. The fourth-order valence-electron chi connectivity index (χ4n) is 1.06. The van der Waals surface area contributed by atoms with Gasteiger partial charge in [0.15, 0.2) is 0 Å². The first-order valence-electron chi connectivity index (χ1n) is 4.95. The van der Waals surface area contributed by atoms with Crippen LogP contribution in [0, 0.1) is 0 Å². The number of rotatable bonds is 2. The SMILES string of the molecule is Clc1nc(Cl)nc(Nc2ccccc2Cl)n1.NC(=O)O. The summed E-state index contributed by atoms with van der Waals surface area (Å²) in [6.07, 6.45) is -1.33. The van der Waals surface area contributed by atoms with E-state index in [1.54, 1.807) is 12.1 Å². The Morgan fingerprint density at radius 1 is 1.10 bits per heavy atom. The van der Waals surface area contributed by atoms with Crippen LogP contribution in [0.1, 0.15) is 0 Å². The molecule has 1 aromatic carbocycles. The molecule has 0 saturated carbocycles. The van der Waals surface area contributed by atoms with Crippen LogP contribution in [0.4, 0.5) is 16.4 Å². The number of primary amides is 1. The third-order valence-electron chi connectivity index (χ3n) is 1.70. The number of hydrogen-bond acceptors (Lipinski definition) is 5. The Balaban J connectivity index is 0.000000444. The largest absolute Gasteiger partial charge is 0.465 e. The van der Waals surface area contributed by atoms with Gasteiger partial charge in [-0.25, -0.2) is 4.79 Å². The highest BCUT2D eigenvalue weighted by Crippen LogP contribution is 2.23. The van der Waals surface area contributed by atoms with Crippen molar-refractivity contribution in [1.29, 1.82) is 0 Å². The Kier molecular flexibility index (Phi) is 6.23. The lowest BCUT2D eigenvalue weighted by atomic mass is 10.3. The molecule has 1 amide bonds. The smallest absolute Gasteiger partial charge is 0.402 e. The van der Waals surface area contributed by atoms with Crippen LogP contribution in [0.5, 0.6) is 0 Å². The number of nitrogens with two attached hydrogens (primary N) is 1. The van der Waals surface area contributed by atoms with E-state index in [0.717, 1.165) is 0 Å². The zero-order valence-electron chi connectivity index (χ0n) is 9.72. The quantitative estimate of drug-likeness (QED) is 0.776. The van der Waals surface area contributed by atoms with Crippen molar-refractivity contribution in [2.45, 2.75) is 0 Å². The highest BCUT2D eigenvalue weighted by Gasteiger charge is 2.05. The van der Waals surface area contributed by atoms with Gasteiger partial charge in [-0.05, 0) is 35.3 Å². The normalized spacial score (nSPS) is 9.35. The van der Waals surface area contributed by atoms with Gasteiger partial charge >= 0.3 is 6.09 Å². The minimum Gasteiger partial charge on any atom is -0.465 e. The summed E-state index contributed by atoms with van der Waals surface area (Å²) < 4.78 is 0. The van der Waals surface area contributed by atoms with Crippen LogP contribution in [0.3, 0.4) is 0 Å². The number of aromatic nitrogens is 3. The van der Waals surface area contributed by atoms with Gasteiger partial charge in [-0.3, -0.25) is 0 Å². The fraction of sp³-hybridized carbons (Fsp3) is 0. The van der Waals surface area contributed by atoms with E-state index in [9.17, 15) is 0 Å². The standard InChI is InChI=1S/C9H5Cl3N4.CH3NO2/c10-5-3-1-2-4-6(5)13-9-15-7(11)14-8(12)16-9;2-1(3)4/h1-4H,(H,13,14,15,16);2H2,(H,3,4). The summed E-state index contributed by atoms with van der Waals surface area (Å²) in [5.41, 5.74) is 4.70. The molecule has 106 valence electrons. The molecule has 10 heteroatoms. The van der Waals surface area contributed by atoms with Gasteiger partial charge in [0, 0.05) is 0 Å². The van der Waals surface area contributed by atoms with Crippen molar-refractivity contribution in [3.63, 3.8) is 0 Å². The first-order valence-corrected chi connectivity index (χ1v) is 6.09. The monoisotopic (exact) mass is 335 g/mol. The maximum absolute atomic E-state index is 8.78. The van der Waals surface area contributed by atoms with Crippen LogP contribution in [0.25, 0.3) is 0 Å². The van der Waals surface area contributed by atoms with Crippen molar-refractivity contribution >= 4 is 52.5 Å². The Morgan fingerprint density at radius 3 is 2.10 bits per heavy atom. The van der Waals surface area contributed by atoms with E-state index in [1.807, 2.05) is 12.1 Å². The van der Waals surface area contributed by atoms with E-state index in [0.29, 0.717) is 10.7 Å². The van der Waals surface area contributed by atoms with Gasteiger partial charge in [0.05, 0.1) is 10.7 Å². The summed E-state index contributed by atoms with van der Waals surface area (Å²) in [4.78, 5) is 20.1. The summed E-state index contributed by atoms with van der Waals surface area (Å²) in [5, 5.41) is 10.7. The molecule has 0 spiro atoms. The molecule has 1 aromatic heterocycles. The molecule has 2 aromatic rings. The number of anilines is 2. The van der Waals surface area contributed by atoms with Gasteiger partial charge in [-0.15, -0.1) is 0 Å². The fourth-order valence-corrected chi connectivity index (χ4v) is 1.61. The van der Waals surface area contributed by atoms with Crippen LogP contribution in [-0.2, 0) is 0 Å². The summed E-state index contributed by atoms with van der Waals surface area (Å²) in [7, 11) is 0. The van der Waals surface area contributed by atoms with E-state index in [1.165, 1.54) is 0 Å². The third kappa shape index (κ3) is 5.87. The molecule has 0 aliphatic carbocycles. The first kappa shape index (κ1) is 16.2. The molecule has 0 atom stereocenters. The molecule has 4 N–H and O–H groups in total. The summed E-state index contributed by atoms with van der Waals surface area (Å²) in [6, 6.07) is 7.18. The van der Waals surface area contributed by atoms with Gasteiger partial charge in [0.2, 0.25) is 16.5 Å². The maximum atomic E-state index is 8.78. The molecular weight excluding hydrogens is 329 g/mol. The van der Waals surface area contributed by atoms with Gasteiger partial charge < -0.3 is 16.2 Å².